The van der Waals surface area contributed by atoms with E-state index in [0.29, 0.717) is 29.4 Å². The number of methoxy groups -OCH3 is 1. The minimum absolute atomic E-state index is 0.0349. The molecule has 3 heterocycles. The molecule has 0 saturated carbocycles. The van der Waals surface area contributed by atoms with Gasteiger partial charge in [0.05, 0.1) is 28.8 Å². The number of nitrogens with one attached hydrogen (secondary N) is 1. The SMILES string of the molecule is COCCCn1cc(Nc2ncc3nnn(-c4ccc(Cl)c(F)c4)c3n2)cn1. The number of nitrogens with zero attached hydrogens (tertiary/aromatic N) is 7. The van der Waals surface area contributed by atoms with Gasteiger partial charge in [-0.1, -0.05) is 16.8 Å². The average Bonchev–Trinajstić information content (AvgIpc) is 3.31. The van der Waals surface area contributed by atoms with Gasteiger partial charge in [-0.25, -0.2) is 9.37 Å². The van der Waals surface area contributed by atoms with Crippen LogP contribution in [0.15, 0.2) is 36.8 Å². The minimum atomic E-state index is -0.545. The molecule has 4 rings (SSSR count). The molecule has 0 aliphatic carbocycles. The van der Waals surface area contributed by atoms with Crippen molar-refractivity contribution in [2.45, 2.75) is 13.0 Å². The standard InChI is InChI=1S/C17H16ClFN8O/c1-28-6-2-5-26-10-11(8-21-26)22-17-20-9-15-16(23-17)27(25-24-15)12-3-4-13(18)14(19)7-12/h3-4,7-10H,2,5-6H2,1H3,(H,20,22,23). The van der Waals surface area contributed by atoms with Crippen molar-refractivity contribution in [2.75, 3.05) is 19.0 Å². The molecule has 0 amide bonds. The highest BCUT2D eigenvalue weighted by Crippen LogP contribution is 2.21. The maximum absolute atomic E-state index is 13.8. The maximum atomic E-state index is 13.8. The Hall–Kier alpha value is -3.11. The molecule has 0 aliphatic heterocycles. The van der Waals surface area contributed by atoms with E-state index in [1.165, 1.54) is 16.8 Å². The molecule has 144 valence electrons. The third-order valence-electron chi connectivity index (χ3n) is 3.97. The van der Waals surface area contributed by atoms with Gasteiger partial charge in [0, 0.05) is 32.5 Å². The van der Waals surface area contributed by atoms with Gasteiger partial charge in [0.1, 0.15) is 5.82 Å². The first-order valence-corrected chi connectivity index (χ1v) is 8.84. The Bertz CT molecular complexity index is 1110. The zero-order chi connectivity index (χ0) is 19.5. The summed E-state index contributed by atoms with van der Waals surface area (Å²) in [6, 6.07) is 4.37. The Morgan fingerprint density at radius 1 is 1.29 bits per heavy atom. The summed E-state index contributed by atoms with van der Waals surface area (Å²) in [6.45, 7) is 1.42. The van der Waals surface area contributed by atoms with Crippen LogP contribution in [0, 0.1) is 5.82 Å². The van der Waals surface area contributed by atoms with Crippen LogP contribution in [0.3, 0.4) is 0 Å². The van der Waals surface area contributed by atoms with Crippen LogP contribution in [-0.2, 0) is 11.3 Å². The fourth-order valence-corrected chi connectivity index (χ4v) is 2.75. The van der Waals surface area contributed by atoms with Gasteiger partial charge in [-0.05, 0) is 18.6 Å². The summed E-state index contributed by atoms with van der Waals surface area (Å²) in [5.41, 5.74) is 2.12. The molecule has 0 radical (unpaired) electrons. The molecule has 9 nitrogen and oxygen atoms in total. The van der Waals surface area contributed by atoms with Crippen molar-refractivity contribution < 1.29 is 9.13 Å². The largest absolute Gasteiger partial charge is 0.385 e. The molecule has 0 unspecified atom stereocenters. The van der Waals surface area contributed by atoms with Crippen LogP contribution in [-0.4, -0.2) is 48.5 Å². The summed E-state index contributed by atoms with van der Waals surface area (Å²) in [5.74, 6) is -0.196. The van der Waals surface area contributed by atoms with Gasteiger partial charge in [0.15, 0.2) is 11.2 Å². The molecular formula is C17H16ClFN8O. The first-order chi connectivity index (χ1) is 13.6. The van der Waals surface area contributed by atoms with Crippen LogP contribution in [0.5, 0.6) is 0 Å². The van der Waals surface area contributed by atoms with Gasteiger partial charge >= 0.3 is 0 Å². The van der Waals surface area contributed by atoms with Crippen molar-refractivity contribution in [2.24, 2.45) is 0 Å². The molecule has 0 atom stereocenters. The number of aromatic nitrogens is 7. The normalized spacial score (nSPS) is 11.2. The fraction of sp³-hybridized carbons (Fsp3) is 0.235. The summed E-state index contributed by atoms with van der Waals surface area (Å²) in [7, 11) is 1.67. The van der Waals surface area contributed by atoms with Crippen LogP contribution in [0.4, 0.5) is 16.0 Å². The predicted molar refractivity (Wildman–Crippen MR) is 101 cm³/mol. The highest BCUT2D eigenvalue weighted by Gasteiger charge is 2.12. The molecule has 11 heteroatoms. The third-order valence-corrected chi connectivity index (χ3v) is 4.27. The minimum Gasteiger partial charge on any atom is -0.385 e. The van der Waals surface area contributed by atoms with Gasteiger partial charge in [-0.15, -0.1) is 5.10 Å². The lowest BCUT2D eigenvalue weighted by Gasteiger charge is -2.04. The van der Waals surface area contributed by atoms with Gasteiger partial charge in [0.25, 0.3) is 0 Å². The summed E-state index contributed by atoms with van der Waals surface area (Å²) in [5, 5.41) is 15.5. The monoisotopic (exact) mass is 402 g/mol. The second kappa shape index (κ2) is 7.87. The number of rotatable bonds is 7. The first-order valence-electron chi connectivity index (χ1n) is 8.46. The van der Waals surface area contributed by atoms with Crippen LogP contribution >= 0.6 is 11.6 Å². The lowest BCUT2D eigenvalue weighted by atomic mass is 10.3. The van der Waals surface area contributed by atoms with Crippen molar-refractivity contribution in [3.05, 3.63) is 47.6 Å². The molecule has 4 aromatic rings. The van der Waals surface area contributed by atoms with E-state index in [-0.39, 0.29) is 5.02 Å². The molecule has 0 bridgehead atoms. The number of aryl methyl sites for hydroxylation is 1. The van der Waals surface area contributed by atoms with Crippen molar-refractivity contribution in [1.82, 2.24) is 34.7 Å². The maximum Gasteiger partial charge on any atom is 0.229 e. The lowest BCUT2D eigenvalue weighted by molar-refractivity contribution is 0.189. The number of halogens is 2. The summed E-state index contributed by atoms with van der Waals surface area (Å²) >= 11 is 5.75. The van der Waals surface area contributed by atoms with Gasteiger partial charge in [0.2, 0.25) is 5.95 Å². The molecule has 0 aliphatic rings. The predicted octanol–water partition coefficient (Wildman–Crippen LogP) is 2.98. The van der Waals surface area contributed by atoms with Crippen LogP contribution in [0.25, 0.3) is 16.9 Å². The number of hydrogen-bond donors (Lipinski definition) is 1. The van der Waals surface area contributed by atoms with Gasteiger partial charge < -0.3 is 10.1 Å². The van der Waals surface area contributed by atoms with E-state index in [1.54, 1.807) is 25.6 Å². The molecule has 1 aromatic carbocycles. The van der Waals surface area contributed by atoms with E-state index in [4.69, 9.17) is 16.3 Å². The number of anilines is 2. The van der Waals surface area contributed by atoms with E-state index in [0.717, 1.165) is 18.7 Å². The molecule has 28 heavy (non-hydrogen) atoms. The van der Waals surface area contributed by atoms with Crippen molar-refractivity contribution in [1.29, 1.82) is 0 Å². The Kier molecular flexibility index (Phi) is 5.13. The summed E-state index contributed by atoms with van der Waals surface area (Å²) in [4.78, 5) is 8.68. The van der Waals surface area contributed by atoms with Gasteiger partial charge in [-0.2, -0.15) is 14.8 Å². The lowest BCUT2D eigenvalue weighted by Crippen LogP contribution is -2.02. The number of fused-ring (bicyclic) bond motifs is 1. The van der Waals surface area contributed by atoms with E-state index in [9.17, 15) is 4.39 Å². The highest BCUT2D eigenvalue weighted by atomic mass is 35.5. The van der Waals surface area contributed by atoms with Crippen LogP contribution in [0.2, 0.25) is 5.02 Å². The van der Waals surface area contributed by atoms with E-state index in [1.807, 2.05) is 10.9 Å². The Labute approximate surface area is 164 Å². The van der Waals surface area contributed by atoms with E-state index < -0.39 is 5.82 Å². The van der Waals surface area contributed by atoms with E-state index >= 15 is 0 Å². The number of ether oxygens (including phenoxy) is 1. The molecule has 0 saturated heterocycles. The van der Waals surface area contributed by atoms with E-state index in [2.05, 4.69) is 30.7 Å². The molecule has 1 N–H and O–H groups in total. The molecule has 0 fully saturated rings. The smallest absolute Gasteiger partial charge is 0.229 e. The fourth-order valence-electron chi connectivity index (χ4n) is 2.63. The van der Waals surface area contributed by atoms with Crippen LogP contribution < -0.4 is 5.32 Å². The summed E-state index contributed by atoms with van der Waals surface area (Å²) in [6.07, 6.45) is 5.95. The Morgan fingerprint density at radius 2 is 2.18 bits per heavy atom. The third kappa shape index (κ3) is 3.78. The topological polar surface area (TPSA) is 95.6 Å². The highest BCUT2D eigenvalue weighted by molar-refractivity contribution is 6.30. The van der Waals surface area contributed by atoms with Crippen molar-refractivity contribution in [3.63, 3.8) is 0 Å². The Morgan fingerprint density at radius 3 is 3.00 bits per heavy atom. The van der Waals surface area contributed by atoms with Crippen molar-refractivity contribution in [3.8, 4) is 5.69 Å². The number of hydrogen-bond acceptors (Lipinski definition) is 7. The molecule has 3 aromatic heterocycles. The number of benzene rings is 1. The second-order valence-electron chi connectivity index (χ2n) is 5.97. The zero-order valence-electron chi connectivity index (χ0n) is 14.9. The van der Waals surface area contributed by atoms with Crippen molar-refractivity contribution >= 4 is 34.4 Å². The molecular weight excluding hydrogens is 387 g/mol. The molecule has 0 spiro atoms. The zero-order valence-corrected chi connectivity index (χ0v) is 15.6. The Balaban J connectivity index is 1.58. The quantitative estimate of drug-likeness (QED) is 0.475. The second-order valence-corrected chi connectivity index (χ2v) is 6.37. The first kappa shape index (κ1) is 18.3. The average molecular weight is 403 g/mol. The summed E-state index contributed by atoms with van der Waals surface area (Å²) < 4.78 is 22.1. The van der Waals surface area contributed by atoms with Gasteiger partial charge in [-0.3, -0.25) is 4.68 Å². The van der Waals surface area contributed by atoms with Crippen LogP contribution in [0.1, 0.15) is 6.42 Å².